The molecule has 0 aliphatic carbocycles. The Hall–Kier alpha value is -2.33. The summed E-state index contributed by atoms with van der Waals surface area (Å²) in [5.74, 6) is 0.960. The standard InChI is InChI=1S/C21H27N3O/c1-25-16-10-3-2-9-15-24-20-14-8-7-13-19(20)23-21(24)22-17-18-11-5-4-6-12-18/h4-8,11-14H,2-3,9-10,15-17H2,1H3,(H,22,23). The molecular formula is C21H27N3O. The number of ether oxygens (including phenoxy) is 1. The molecule has 0 atom stereocenters. The highest BCUT2D eigenvalue weighted by Crippen LogP contribution is 2.21. The highest BCUT2D eigenvalue weighted by molar-refractivity contribution is 5.78. The van der Waals surface area contributed by atoms with Crippen LogP contribution in [0.25, 0.3) is 11.0 Å². The van der Waals surface area contributed by atoms with Crippen molar-refractivity contribution in [2.24, 2.45) is 0 Å². The molecule has 1 heterocycles. The fourth-order valence-corrected chi connectivity index (χ4v) is 3.08. The molecule has 0 unspecified atom stereocenters. The van der Waals surface area contributed by atoms with Crippen LogP contribution < -0.4 is 5.32 Å². The maximum atomic E-state index is 5.12. The molecule has 1 N–H and O–H groups in total. The summed E-state index contributed by atoms with van der Waals surface area (Å²) >= 11 is 0. The number of unbranched alkanes of at least 4 members (excludes halogenated alkanes) is 3. The molecule has 0 radical (unpaired) electrons. The van der Waals surface area contributed by atoms with E-state index in [1.165, 1.54) is 23.9 Å². The Morgan fingerprint density at radius 2 is 1.68 bits per heavy atom. The lowest BCUT2D eigenvalue weighted by atomic mass is 10.2. The lowest BCUT2D eigenvalue weighted by molar-refractivity contribution is 0.192. The Morgan fingerprint density at radius 3 is 2.52 bits per heavy atom. The Balaban J connectivity index is 1.66. The summed E-state index contributed by atoms with van der Waals surface area (Å²) in [5.41, 5.74) is 3.52. The van der Waals surface area contributed by atoms with Crippen LogP contribution >= 0.6 is 0 Å². The van der Waals surface area contributed by atoms with Gasteiger partial charge in [0.15, 0.2) is 0 Å². The van der Waals surface area contributed by atoms with Crippen molar-refractivity contribution in [3.63, 3.8) is 0 Å². The predicted molar refractivity (Wildman–Crippen MR) is 104 cm³/mol. The third-order valence-corrected chi connectivity index (χ3v) is 4.43. The summed E-state index contributed by atoms with van der Waals surface area (Å²) in [6.45, 7) is 2.64. The highest BCUT2D eigenvalue weighted by atomic mass is 16.5. The quantitative estimate of drug-likeness (QED) is 0.537. The van der Waals surface area contributed by atoms with E-state index in [4.69, 9.17) is 9.72 Å². The smallest absolute Gasteiger partial charge is 0.204 e. The maximum Gasteiger partial charge on any atom is 0.204 e. The molecule has 1 aromatic heterocycles. The number of benzene rings is 2. The summed E-state index contributed by atoms with van der Waals surface area (Å²) in [6.07, 6.45) is 4.73. The molecule has 25 heavy (non-hydrogen) atoms. The molecule has 0 aliphatic heterocycles. The summed E-state index contributed by atoms with van der Waals surface area (Å²) < 4.78 is 7.43. The number of hydrogen-bond donors (Lipinski definition) is 1. The number of imidazole rings is 1. The van der Waals surface area contributed by atoms with Crippen LogP contribution in [0.1, 0.15) is 31.2 Å². The molecule has 3 rings (SSSR count). The highest BCUT2D eigenvalue weighted by Gasteiger charge is 2.09. The van der Waals surface area contributed by atoms with Gasteiger partial charge in [0, 0.05) is 26.8 Å². The number of rotatable bonds is 10. The average molecular weight is 337 g/mol. The first-order chi connectivity index (χ1) is 12.4. The Morgan fingerprint density at radius 1 is 0.920 bits per heavy atom. The molecule has 3 aromatic rings. The lowest BCUT2D eigenvalue weighted by Crippen LogP contribution is -2.08. The number of aromatic nitrogens is 2. The minimum absolute atomic E-state index is 0.790. The van der Waals surface area contributed by atoms with Gasteiger partial charge in [-0.05, 0) is 30.5 Å². The van der Waals surface area contributed by atoms with Crippen LogP contribution in [-0.2, 0) is 17.8 Å². The van der Waals surface area contributed by atoms with Crippen LogP contribution in [-0.4, -0.2) is 23.3 Å². The first-order valence-electron chi connectivity index (χ1n) is 9.10. The van der Waals surface area contributed by atoms with E-state index in [9.17, 15) is 0 Å². The Labute approximate surface area is 149 Å². The van der Waals surface area contributed by atoms with Gasteiger partial charge in [-0.3, -0.25) is 0 Å². The normalized spacial score (nSPS) is 11.1. The van der Waals surface area contributed by atoms with E-state index in [1.807, 2.05) is 12.1 Å². The number of methoxy groups -OCH3 is 1. The molecule has 2 aromatic carbocycles. The van der Waals surface area contributed by atoms with Gasteiger partial charge in [-0.25, -0.2) is 4.98 Å². The zero-order chi connectivity index (χ0) is 17.3. The lowest BCUT2D eigenvalue weighted by Gasteiger charge is -2.11. The van der Waals surface area contributed by atoms with Gasteiger partial charge in [0.05, 0.1) is 11.0 Å². The molecule has 0 amide bonds. The van der Waals surface area contributed by atoms with E-state index in [0.717, 1.165) is 44.0 Å². The summed E-state index contributed by atoms with van der Waals surface area (Å²) in [6, 6.07) is 18.8. The van der Waals surface area contributed by atoms with Gasteiger partial charge in [0.2, 0.25) is 5.95 Å². The number of nitrogens with zero attached hydrogens (tertiary/aromatic N) is 2. The van der Waals surface area contributed by atoms with E-state index >= 15 is 0 Å². The minimum atomic E-state index is 0.790. The van der Waals surface area contributed by atoms with Gasteiger partial charge >= 0.3 is 0 Å². The van der Waals surface area contributed by atoms with Gasteiger partial charge in [-0.1, -0.05) is 55.3 Å². The largest absolute Gasteiger partial charge is 0.385 e. The van der Waals surface area contributed by atoms with Crippen molar-refractivity contribution in [1.29, 1.82) is 0 Å². The van der Waals surface area contributed by atoms with Crippen LogP contribution in [0.2, 0.25) is 0 Å². The second-order valence-corrected chi connectivity index (χ2v) is 6.32. The molecule has 132 valence electrons. The first-order valence-corrected chi connectivity index (χ1v) is 9.10. The topological polar surface area (TPSA) is 39.1 Å². The SMILES string of the molecule is COCCCCCCn1c(NCc2ccccc2)nc2ccccc21. The van der Waals surface area contributed by atoms with Crippen molar-refractivity contribution in [2.75, 3.05) is 19.0 Å². The van der Waals surface area contributed by atoms with Gasteiger partial charge in [0.25, 0.3) is 0 Å². The van der Waals surface area contributed by atoms with Crippen molar-refractivity contribution >= 4 is 17.0 Å². The van der Waals surface area contributed by atoms with Crippen molar-refractivity contribution < 1.29 is 4.74 Å². The van der Waals surface area contributed by atoms with E-state index < -0.39 is 0 Å². The molecular weight excluding hydrogens is 310 g/mol. The molecule has 4 heteroatoms. The number of fused-ring (bicyclic) bond motifs is 1. The van der Waals surface area contributed by atoms with E-state index in [-0.39, 0.29) is 0 Å². The molecule has 0 aliphatic rings. The summed E-state index contributed by atoms with van der Waals surface area (Å²) in [5, 5.41) is 3.51. The van der Waals surface area contributed by atoms with Crippen LogP contribution in [0.3, 0.4) is 0 Å². The molecule has 0 spiro atoms. The molecule has 4 nitrogen and oxygen atoms in total. The van der Waals surface area contributed by atoms with Crippen molar-refractivity contribution in [3.05, 3.63) is 60.2 Å². The third kappa shape index (κ3) is 4.83. The van der Waals surface area contributed by atoms with E-state index in [1.54, 1.807) is 7.11 Å². The summed E-state index contributed by atoms with van der Waals surface area (Å²) in [4.78, 5) is 4.79. The van der Waals surface area contributed by atoms with E-state index in [0.29, 0.717) is 0 Å². The molecule has 0 fully saturated rings. The van der Waals surface area contributed by atoms with Gasteiger partial charge in [-0.15, -0.1) is 0 Å². The fraction of sp³-hybridized carbons (Fsp3) is 0.381. The minimum Gasteiger partial charge on any atom is -0.385 e. The number of anilines is 1. The zero-order valence-corrected chi connectivity index (χ0v) is 14.9. The number of aryl methyl sites for hydroxylation is 1. The number of para-hydroxylation sites is 2. The fourth-order valence-electron chi connectivity index (χ4n) is 3.08. The second-order valence-electron chi connectivity index (χ2n) is 6.32. The number of hydrogen-bond acceptors (Lipinski definition) is 3. The van der Waals surface area contributed by atoms with Gasteiger partial charge in [0.1, 0.15) is 0 Å². The number of nitrogens with one attached hydrogen (secondary N) is 1. The van der Waals surface area contributed by atoms with Crippen LogP contribution in [0.15, 0.2) is 54.6 Å². The average Bonchev–Trinajstić information content (AvgIpc) is 3.01. The van der Waals surface area contributed by atoms with Gasteiger partial charge in [-0.2, -0.15) is 0 Å². The van der Waals surface area contributed by atoms with Crippen LogP contribution in [0, 0.1) is 0 Å². The van der Waals surface area contributed by atoms with Crippen molar-refractivity contribution in [1.82, 2.24) is 9.55 Å². The van der Waals surface area contributed by atoms with Crippen LogP contribution in [0.4, 0.5) is 5.95 Å². The molecule has 0 bridgehead atoms. The van der Waals surface area contributed by atoms with Crippen LogP contribution in [0.5, 0.6) is 0 Å². The van der Waals surface area contributed by atoms with Crippen molar-refractivity contribution in [2.45, 2.75) is 38.8 Å². The monoisotopic (exact) mass is 337 g/mol. The Bertz CT molecular complexity index is 767. The molecule has 0 saturated carbocycles. The van der Waals surface area contributed by atoms with E-state index in [2.05, 4.69) is 52.3 Å². The predicted octanol–water partition coefficient (Wildman–Crippen LogP) is 4.86. The third-order valence-electron chi connectivity index (χ3n) is 4.43. The Kier molecular flexibility index (Phi) is 6.46. The maximum absolute atomic E-state index is 5.12. The second kappa shape index (κ2) is 9.23. The summed E-state index contributed by atoms with van der Waals surface area (Å²) in [7, 11) is 1.77. The van der Waals surface area contributed by atoms with Gasteiger partial charge < -0.3 is 14.6 Å². The first kappa shape index (κ1) is 17.5. The molecule has 0 saturated heterocycles. The van der Waals surface area contributed by atoms with Crippen molar-refractivity contribution in [3.8, 4) is 0 Å². The zero-order valence-electron chi connectivity index (χ0n) is 14.9.